The molecule has 0 heterocycles. The molecule has 0 aliphatic heterocycles. The first kappa shape index (κ1) is 11.6. The molecule has 0 atom stereocenters. The van der Waals surface area contributed by atoms with E-state index >= 15 is 0 Å². The van der Waals surface area contributed by atoms with Crippen LogP contribution >= 0.6 is 0 Å². The summed E-state index contributed by atoms with van der Waals surface area (Å²) in [6.45, 7) is 2.98. The number of allylic oxidation sites excluding steroid dienone is 1. The minimum atomic E-state index is -4.31. The van der Waals surface area contributed by atoms with Gasteiger partial charge in [0.1, 0.15) is 5.75 Å². The average Bonchev–Trinajstić information content (AvgIpc) is 2.15. The van der Waals surface area contributed by atoms with Gasteiger partial charge in [0, 0.05) is 5.57 Å². The maximum atomic E-state index is 12.1. The van der Waals surface area contributed by atoms with Crippen LogP contribution in [0.25, 0.3) is 0 Å². The van der Waals surface area contributed by atoms with E-state index in [1.165, 1.54) is 12.1 Å². The fraction of sp³-hybridized carbons (Fsp3) is 0.273. The van der Waals surface area contributed by atoms with Crippen LogP contribution in [0.2, 0.25) is 0 Å². The molecule has 15 heavy (non-hydrogen) atoms. The molecule has 0 spiro atoms. The normalized spacial score (nSPS) is 11.4. The lowest BCUT2D eigenvalue weighted by Crippen LogP contribution is -2.11. The molecule has 0 bridgehead atoms. The van der Waals surface area contributed by atoms with Crippen molar-refractivity contribution in [3.8, 4) is 5.75 Å². The summed E-state index contributed by atoms with van der Waals surface area (Å²) in [5.41, 5.74) is 0.0220. The van der Waals surface area contributed by atoms with E-state index in [0.717, 1.165) is 5.56 Å². The quantitative estimate of drug-likeness (QED) is 0.767. The molecule has 0 saturated carbocycles. The lowest BCUT2D eigenvalue weighted by molar-refractivity contribution is -0.0935. The predicted molar refractivity (Wildman–Crippen MR) is 51.6 cm³/mol. The van der Waals surface area contributed by atoms with Crippen LogP contribution < -0.4 is 0 Å². The second-order valence-electron chi connectivity index (χ2n) is 3.27. The van der Waals surface area contributed by atoms with Crippen molar-refractivity contribution in [1.29, 1.82) is 0 Å². The Labute approximate surface area is 85.9 Å². The van der Waals surface area contributed by atoms with E-state index in [1.807, 2.05) is 0 Å². The number of alkyl halides is 3. The van der Waals surface area contributed by atoms with Gasteiger partial charge in [0.2, 0.25) is 0 Å². The van der Waals surface area contributed by atoms with Gasteiger partial charge in [-0.15, -0.1) is 0 Å². The smallest absolute Gasteiger partial charge is 0.412 e. The van der Waals surface area contributed by atoms with Gasteiger partial charge in [-0.2, -0.15) is 13.2 Å². The van der Waals surface area contributed by atoms with Gasteiger partial charge in [-0.1, -0.05) is 18.7 Å². The first-order valence-electron chi connectivity index (χ1n) is 4.42. The summed E-state index contributed by atoms with van der Waals surface area (Å²) in [5.74, 6) is 0.105. The number of benzene rings is 1. The summed E-state index contributed by atoms with van der Waals surface area (Å²) in [6.07, 6.45) is -4.15. The molecule has 1 nitrogen and oxygen atoms in total. The molecule has 0 unspecified atom stereocenters. The highest BCUT2D eigenvalue weighted by molar-refractivity contribution is 5.26. The van der Waals surface area contributed by atoms with Crippen molar-refractivity contribution in [2.45, 2.75) is 19.0 Å². The highest BCUT2D eigenvalue weighted by Crippen LogP contribution is 2.27. The minimum Gasteiger partial charge on any atom is -0.508 e. The topological polar surface area (TPSA) is 20.2 Å². The van der Waals surface area contributed by atoms with Crippen molar-refractivity contribution in [1.82, 2.24) is 0 Å². The zero-order valence-corrected chi connectivity index (χ0v) is 8.01. The van der Waals surface area contributed by atoms with Gasteiger partial charge in [-0.05, 0) is 30.5 Å². The summed E-state index contributed by atoms with van der Waals surface area (Å²) in [4.78, 5) is 0. The van der Waals surface area contributed by atoms with Crippen LogP contribution in [0.3, 0.4) is 0 Å². The molecule has 0 radical (unpaired) electrons. The number of halogens is 3. The highest BCUT2D eigenvalue weighted by atomic mass is 19.4. The molecule has 0 aliphatic rings. The molecular weight excluding hydrogens is 205 g/mol. The van der Waals surface area contributed by atoms with Crippen molar-refractivity contribution in [3.63, 3.8) is 0 Å². The van der Waals surface area contributed by atoms with Crippen LogP contribution in [0.15, 0.2) is 36.4 Å². The van der Waals surface area contributed by atoms with E-state index in [4.69, 9.17) is 5.11 Å². The van der Waals surface area contributed by atoms with Crippen molar-refractivity contribution < 1.29 is 18.3 Å². The summed E-state index contributed by atoms with van der Waals surface area (Å²) >= 11 is 0. The lowest BCUT2D eigenvalue weighted by Gasteiger charge is -2.09. The second kappa shape index (κ2) is 4.38. The Morgan fingerprint density at radius 3 is 2.20 bits per heavy atom. The van der Waals surface area contributed by atoms with Crippen LogP contribution in [0.1, 0.15) is 12.0 Å². The minimum absolute atomic E-state index is 0.105. The molecule has 0 fully saturated rings. The second-order valence-corrected chi connectivity index (χ2v) is 3.27. The summed E-state index contributed by atoms with van der Waals surface area (Å²) in [6, 6.07) is 6.09. The third kappa shape index (κ3) is 3.65. The summed E-state index contributed by atoms with van der Waals surface area (Å²) < 4.78 is 36.2. The SMILES string of the molecule is C=C(CCc1ccc(O)cc1)C(F)(F)F. The Balaban J connectivity index is 2.51. The highest BCUT2D eigenvalue weighted by Gasteiger charge is 2.30. The van der Waals surface area contributed by atoms with Crippen LogP contribution in [-0.2, 0) is 6.42 Å². The van der Waals surface area contributed by atoms with Gasteiger partial charge >= 0.3 is 6.18 Å². The van der Waals surface area contributed by atoms with Crippen LogP contribution in [-0.4, -0.2) is 11.3 Å². The Morgan fingerprint density at radius 1 is 1.20 bits per heavy atom. The largest absolute Gasteiger partial charge is 0.508 e. The van der Waals surface area contributed by atoms with Gasteiger partial charge in [0.15, 0.2) is 0 Å². The average molecular weight is 216 g/mol. The van der Waals surface area contributed by atoms with Crippen LogP contribution in [0.4, 0.5) is 13.2 Å². The Hall–Kier alpha value is -1.45. The molecule has 1 aromatic carbocycles. The number of hydrogen-bond acceptors (Lipinski definition) is 1. The molecule has 1 rings (SSSR count). The van der Waals surface area contributed by atoms with Crippen LogP contribution in [0, 0.1) is 0 Å². The Morgan fingerprint density at radius 2 is 1.73 bits per heavy atom. The van der Waals surface area contributed by atoms with E-state index in [-0.39, 0.29) is 18.6 Å². The Kier molecular flexibility index (Phi) is 3.39. The standard InChI is InChI=1S/C11H11F3O/c1-8(11(12,13)14)2-3-9-4-6-10(15)7-5-9/h4-7,15H,1-3H2. The zero-order valence-electron chi connectivity index (χ0n) is 8.01. The summed E-state index contributed by atoms with van der Waals surface area (Å²) in [5, 5.41) is 8.97. The molecule has 0 aliphatic carbocycles. The lowest BCUT2D eigenvalue weighted by atomic mass is 10.1. The van der Waals surface area contributed by atoms with Crippen molar-refractivity contribution >= 4 is 0 Å². The van der Waals surface area contributed by atoms with Gasteiger partial charge in [0.05, 0.1) is 0 Å². The fourth-order valence-corrected chi connectivity index (χ4v) is 1.10. The molecular formula is C11H11F3O. The van der Waals surface area contributed by atoms with E-state index in [0.29, 0.717) is 0 Å². The number of phenols is 1. The third-order valence-corrected chi connectivity index (χ3v) is 2.05. The monoisotopic (exact) mass is 216 g/mol. The maximum absolute atomic E-state index is 12.1. The van der Waals surface area contributed by atoms with E-state index in [1.54, 1.807) is 12.1 Å². The molecule has 82 valence electrons. The van der Waals surface area contributed by atoms with Crippen molar-refractivity contribution in [3.05, 3.63) is 42.0 Å². The van der Waals surface area contributed by atoms with E-state index in [2.05, 4.69) is 6.58 Å². The van der Waals surface area contributed by atoms with Crippen LogP contribution in [0.5, 0.6) is 5.75 Å². The van der Waals surface area contributed by atoms with Gasteiger partial charge in [-0.25, -0.2) is 0 Å². The third-order valence-electron chi connectivity index (χ3n) is 2.05. The number of rotatable bonds is 3. The first-order chi connectivity index (χ1) is 6.89. The number of phenolic OH excluding ortho intramolecular Hbond substituents is 1. The molecule has 1 aromatic rings. The van der Waals surface area contributed by atoms with Gasteiger partial charge in [-0.3, -0.25) is 0 Å². The fourth-order valence-electron chi connectivity index (χ4n) is 1.10. The number of aromatic hydroxyl groups is 1. The molecule has 0 amide bonds. The van der Waals surface area contributed by atoms with Crippen molar-refractivity contribution in [2.24, 2.45) is 0 Å². The maximum Gasteiger partial charge on any atom is 0.412 e. The van der Waals surface area contributed by atoms with E-state index in [9.17, 15) is 13.2 Å². The number of aryl methyl sites for hydroxylation is 1. The predicted octanol–water partition coefficient (Wildman–Crippen LogP) is 3.44. The molecule has 4 heteroatoms. The van der Waals surface area contributed by atoms with E-state index < -0.39 is 11.7 Å². The zero-order chi connectivity index (χ0) is 11.5. The molecule has 0 saturated heterocycles. The number of hydrogen-bond donors (Lipinski definition) is 1. The van der Waals surface area contributed by atoms with Crippen molar-refractivity contribution in [2.75, 3.05) is 0 Å². The molecule has 1 N–H and O–H groups in total. The van der Waals surface area contributed by atoms with Gasteiger partial charge in [0.25, 0.3) is 0 Å². The first-order valence-corrected chi connectivity index (χ1v) is 4.42. The van der Waals surface area contributed by atoms with Gasteiger partial charge < -0.3 is 5.11 Å². The summed E-state index contributed by atoms with van der Waals surface area (Å²) in [7, 11) is 0. The Bertz CT molecular complexity index is 338. The molecule has 0 aromatic heterocycles.